The number of nitrogens with one attached hydrogen (secondary N) is 1. The first kappa shape index (κ1) is 16.2. The van der Waals surface area contributed by atoms with Gasteiger partial charge in [0.05, 0.1) is 11.5 Å². The van der Waals surface area contributed by atoms with Crippen LogP contribution in [0.15, 0.2) is 41.0 Å². The fraction of sp³-hybridized carbons (Fsp3) is 0.333. The average Bonchev–Trinajstić information content (AvgIpc) is 2.89. The summed E-state index contributed by atoms with van der Waals surface area (Å²) < 4.78 is 24.3. The summed E-state index contributed by atoms with van der Waals surface area (Å²) in [4.78, 5) is 10.6. The predicted octanol–water partition coefficient (Wildman–Crippen LogP) is 2.61. The van der Waals surface area contributed by atoms with E-state index in [-0.39, 0.29) is 17.5 Å². The number of hydrogen-bond acceptors (Lipinski definition) is 6. The van der Waals surface area contributed by atoms with Crippen LogP contribution >= 0.6 is 15.9 Å². The van der Waals surface area contributed by atoms with Gasteiger partial charge in [0, 0.05) is 29.4 Å². The van der Waals surface area contributed by atoms with Crippen LogP contribution in [0.5, 0.6) is 0 Å². The van der Waals surface area contributed by atoms with Crippen molar-refractivity contribution in [2.75, 3.05) is 28.8 Å². The van der Waals surface area contributed by atoms with Crippen LogP contribution in [0, 0.1) is 0 Å². The molecule has 1 N–H and O–H groups in total. The van der Waals surface area contributed by atoms with Gasteiger partial charge in [-0.25, -0.2) is 13.4 Å². The van der Waals surface area contributed by atoms with Crippen molar-refractivity contribution in [3.63, 3.8) is 0 Å². The van der Waals surface area contributed by atoms with Gasteiger partial charge in [-0.3, -0.25) is 0 Å². The minimum Gasteiger partial charge on any atom is -0.355 e. The molecule has 1 aromatic heterocycles. The molecule has 0 bridgehead atoms. The molecule has 1 aliphatic heterocycles. The highest BCUT2D eigenvalue weighted by molar-refractivity contribution is 9.10. The molecule has 0 saturated carbocycles. The molecule has 1 aliphatic rings. The smallest absolute Gasteiger partial charge is 0.229 e. The molecule has 0 spiro atoms. The molecule has 23 heavy (non-hydrogen) atoms. The van der Waals surface area contributed by atoms with Gasteiger partial charge in [-0.2, -0.15) is 4.98 Å². The maximum atomic E-state index is 11.6. The molecule has 1 fully saturated rings. The van der Waals surface area contributed by atoms with Crippen LogP contribution in [0.25, 0.3) is 0 Å². The lowest BCUT2D eigenvalue weighted by molar-refractivity contribution is 0.600. The van der Waals surface area contributed by atoms with Crippen LogP contribution in [0.1, 0.15) is 6.42 Å². The van der Waals surface area contributed by atoms with Gasteiger partial charge in [-0.05, 0) is 36.8 Å². The second-order valence-electron chi connectivity index (χ2n) is 5.54. The van der Waals surface area contributed by atoms with Crippen molar-refractivity contribution in [3.8, 4) is 0 Å². The monoisotopic (exact) mass is 396 g/mol. The largest absolute Gasteiger partial charge is 0.355 e. The Kier molecular flexibility index (Phi) is 4.54. The standard InChI is InChI=1S/C15H17BrN4O2S/c1-20(13-7-9-23(21,22)10-13)14-6-8-17-15(19-14)18-12-4-2-11(16)3-5-12/h2-6,8,13H,7,9-10H2,1H3,(H,17,18,19). The summed E-state index contributed by atoms with van der Waals surface area (Å²) >= 11 is 3.39. The van der Waals surface area contributed by atoms with Gasteiger partial charge in [-0.15, -0.1) is 0 Å². The third-order valence-electron chi connectivity index (χ3n) is 3.86. The Labute approximate surface area is 144 Å². The maximum absolute atomic E-state index is 11.6. The van der Waals surface area contributed by atoms with Gasteiger partial charge in [-0.1, -0.05) is 15.9 Å². The molecule has 1 unspecified atom stereocenters. The van der Waals surface area contributed by atoms with Crippen LogP contribution in [0.3, 0.4) is 0 Å². The minimum absolute atomic E-state index is 0.0320. The number of benzene rings is 1. The van der Waals surface area contributed by atoms with E-state index in [2.05, 4.69) is 31.2 Å². The number of hydrogen-bond donors (Lipinski definition) is 1. The summed E-state index contributed by atoms with van der Waals surface area (Å²) in [6.45, 7) is 0. The van der Waals surface area contributed by atoms with Crippen molar-refractivity contribution in [1.82, 2.24) is 9.97 Å². The molecular formula is C15H17BrN4O2S. The fourth-order valence-corrected chi connectivity index (χ4v) is 4.57. The van der Waals surface area contributed by atoms with Crippen LogP contribution in [-0.4, -0.2) is 43.0 Å². The Morgan fingerprint density at radius 3 is 2.65 bits per heavy atom. The van der Waals surface area contributed by atoms with Gasteiger partial charge in [0.25, 0.3) is 0 Å². The van der Waals surface area contributed by atoms with E-state index < -0.39 is 9.84 Å². The molecule has 0 amide bonds. The number of nitrogens with zero attached hydrogens (tertiary/aromatic N) is 3. The number of aromatic nitrogens is 2. The second kappa shape index (κ2) is 6.45. The van der Waals surface area contributed by atoms with E-state index in [0.717, 1.165) is 10.2 Å². The third kappa shape index (κ3) is 4.00. The molecule has 1 saturated heterocycles. The summed E-state index contributed by atoms with van der Waals surface area (Å²) in [6.07, 6.45) is 2.31. The zero-order chi connectivity index (χ0) is 16.4. The highest BCUT2D eigenvalue weighted by atomic mass is 79.9. The normalized spacial score (nSPS) is 19.5. The molecule has 2 aromatic rings. The van der Waals surface area contributed by atoms with Gasteiger partial charge in [0.1, 0.15) is 5.82 Å². The molecule has 8 heteroatoms. The first-order chi connectivity index (χ1) is 10.9. The van der Waals surface area contributed by atoms with E-state index >= 15 is 0 Å². The number of halogens is 1. The molecule has 1 atom stereocenters. The van der Waals surface area contributed by atoms with E-state index in [1.807, 2.05) is 36.2 Å². The van der Waals surface area contributed by atoms with Gasteiger partial charge in [0.2, 0.25) is 5.95 Å². The molecule has 3 rings (SSSR count). The van der Waals surface area contributed by atoms with E-state index in [1.165, 1.54) is 0 Å². The zero-order valence-electron chi connectivity index (χ0n) is 12.6. The van der Waals surface area contributed by atoms with Crippen LogP contribution in [0.4, 0.5) is 17.5 Å². The Hall–Kier alpha value is -1.67. The lowest BCUT2D eigenvalue weighted by Gasteiger charge is -2.24. The summed E-state index contributed by atoms with van der Waals surface area (Å²) in [5, 5.41) is 3.15. The Morgan fingerprint density at radius 1 is 1.26 bits per heavy atom. The molecule has 0 aliphatic carbocycles. The van der Waals surface area contributed by atoms with Crippen molar-refractivity contribution in [3.05, 3.63) is 41.0 Å². The molecular weight excluding hydrogens is 380 g/mol. The summed E-state index contributed by atoms with van der Waals surface area (Å²) in [5.41, 5.74) is 0.886. The Balaban J connectivity index is 1.75. The van der Waals surface area contributed by atoms with Gasteiger partial charge >= 0.3 is 0 Å². The second-order valence-corrected chi connectivity index (χ2v) is 8.68. The summed E-state index contributed by atoms with van der Waals surface area (Å²) in [5.74, 6) is 1.62. The van der Waals surface area contributed by atoms with E-state index in [9.17, 15) is 8.42 Å². The lowest BCUT2D eigenvalue weighted by Crippen LogP contribution is -2.33. The fourth-order valence-electron chi connectivity index (χ4n) is 2.54. The van der Waals surface area contributed by atoms with Crippen molar-refractivity contribution >= 4 is 43.2 Å². The van der Waals surface area contributed by atoms with Crippen LogP contribution in [0.2, 0.25) is 0 Å². The summed E-state index contributed by atoms with van der Waals surface area (Å²) in [6, 6.07) is 9.47. The SMILES string of the molecule is CN(c1ccnc(Nc2ccc(Br)cc2)n1)C1CCS(=O)(=O)C1. The molecule has 122 valence electrons. The van der Waals surface area contributed by atoms with Crippen molar-refractivity contribution in [1.29, 1.82) is 0 Å². The lowest BCUT2D eigenvalue weighted by atomic mass is 10.2. The van der Waals surface area contributed by atoms with E-state index in [1.54, 1.807) is 12.3 Å². The number of sulfone groups is 1. The van der Waals surface area contributed by atoms with Crippen molar-refractivity contribution < 1.29 is 8.42 Å². The van der Waals surface area contributed by atoms with E-state index in [4.69, 9.17) is 0 Å². The average molecular weight is 397 g/mol. The van der Waals surface area contributed by atoms with Gasteiger partial charge in [0.15, 0.2) is 9.84 Å². The zero-order valence-corrected chi connectivity index (χ0v) is 15.0. The molecule has 6 nitrogen and oxygen atoms in total. The van der Waals surface area contributed by atoms with E-state index in [0.29, 0.717) is 18.2 Å². The third-order valence-corrected chi connectivity index (χ3v) is 6.14. The first-order valence-electron chi connectivity index (χ1n) is 7.22. The highest BCUT2D eigenvalue weighted by Crippen LogP contribution is 2.23. The molecule has 0 radical (unpaired) electrons. The quantitative estimate of drug-likeness (QED) is 0.855. The maximum Gasteiger partial charge on any atom is 0.229 e. The Bertz CT molecular complexity index is 795. The molecule has 1 aromatic carbocycles. The first-order valence-corrected chi connectivity index (χ1v) is 9.83. The predicted molar refractivity (Wildman–Crippen MR) is 94.9 cm³/mol. The minimum atomic E-state index is -2.92. The van der Waals surface area contributed by atoms with Gasteiger partial charge < -0.3 is 10.2 Å². The van der Waals surface area contributed by atoms with Crippen molar-refractivity contribution in [2.45, 2.75) is 12.5 Å². The van der Waals surface area contributed by atoms with Crippen molar-refractivity contribution in [2.24, 2.45) is 0 Å². The highest BCUT2D eigenvalue weighted by Gasteiger charge is 2.31. The molecule has 2 heterocycles. The summed E-state index contributed by atoms with van der Waals surface area (Å²) in [7, 11) is -1.04. The number of rotatable bonds is 4. The van der Waals surface area contributed by atoms with Crippen LogP contribution in [-0.2, 0) is 9.84 Å². The number of anilines is 3. The Morgan fingerprint density at radius 2 is 2.00 bits per heavy atom. The van der Waals surface area contributed by atoms with Crippen LogP contribution < -0.4 is 10.2 Å². The topological polar surface area (TPSA) is 75.2 Å².